The summed E-state index contributed by atoms with van der Waals surface area (Å²) in [5.41, 5.74) is 0.813. The number of methoxy groups -OCH3 is 1. The van der Waals surface area contributed by atoms with E-state index in [4.69, 9.17) is 16.3 Å². The van der Waals surface area contributed by atoms with Crippen molar-refractivity contribution < 1.29 is 9.13 Å². The van der Waals surface area contributed by atoms with Crippen molar-refractivity contribution in [3.63, 3.8) is 0 Å². The Morgan fingerprint density at radius 1 is 1.59 bits per heavy atom. The molecule has 0 amide bonds. The number of hydrogen-bond donors (Lipinski definition) is 0. The van der Waals surface area contributed by atoms with Gasteiger partial charge in [-0.3, -0.25) is 0 Å². The van der Waals surface area contributed by atoms with Crippen LogP contribution < -0.4 is 4.90 Å². The zero-order valence-electron chi connectivity index (χ0n) is 9.52. The van der Waals surface area contributed by atoms with Gasteiger partial charge in [0.2, 0.25) is 5.28 Å². The van der Waals surface area contributed by atoms with Crippen LogP contribution in [0.3, 0.4) is 0 Å². The molecule has 0 N–H and O–H groups in total. The molecule has 0 aromatic carbocycles. The molecule has 0 unspecified atom stereocenters. The molecule has 2 heterocycles. The predicted octanol–water partition coefficient (Wildman–Crippen LogP) is 1.60. The third-order valence-electron chi connectivity index (χ3n) is 2.42. The molecule has 2 aromatic heterocycles. The monoisotopic (exact) mass is 258 g/mol. The van der Waals surface area contributed by atoms with Gasteiger partial charge in [0.15, 0.2) is 11.5 Å². The lowest BCUT2D eigenvalue weighted by molar-refractivity contribution is 0.206. The molecule has 17 heavy (non-hydrogen) atoms. The molecule has 0 aliphatic heterocycles. The summed E-state index contributed by atoms with van der Waals surface area (Å²) < 4.78 is 20.0. The number of rotatable bonds is 4. The van der Waals surface area contributed by atoms with Crippen molar-refractivity contribution in [3.8, 4) is 0 Å². The van der Waals surface area contributed by atoms with Gasteiger partial charge < -0.3 is 9.64 Å². The molecule has 0 fully saturated rings. The summed E-state index contributed by atoms with van der Waals surface area (Å²) in [5, 5.41) is 3.90. The molecule has 0 aliphatic carbocycles. The lowest BCUT2D eigenvalue weighted by atomic mass is 10.3. The molecule has 0 atom stereocenters. The van der Waals surface area contributed by atoms with Crippen molar-refractivity contribution in [2.24, 2.45) is 0 Å². The van der Waals surface area contributed by atoms with E-state index in [-0.39, 0.29) is 10.9 Å². The summed E-state index contributed by atoms with van der Waals surface area (Å²) in [4.78, 5) is 5.64. The minimum atomic E-state index is -0.453. The molecular weight excluding hydrogens is 247 g/mol. The number of aromatic nitrogens is 3. The molecular formula is C10H12ClFN4O. The van der Waals surface area contributed by atoms with E-state index in [0.717, 1.165) is 0 Å². The van der Waals surface area contributed by atoms with Gasteiger partial charge in [-0.15, -0.1) is 5.10 Å². The highest BCUT2D eigenvalue weighted by Gasteiger charge is 2.10. The summed E-state index contributed by atoms with van der Waals surface area (Å²) in [5.74, 6) is -0.453. The first-order valence-corrected chi connectivity index (χ1v) is 5.41. The number of fused-ring (bicyclic) bond motifs is 1. The van der Waals surface area contributed by atoms with E-state index in [1.807, 2.05) is 11.9 Å². The largest absolute Gasteiger partial charge is 0.383 e. The zero-order valence-corrected chi connectivity index (χ0v) is 10.3. The smallest absolute Gasteiger partial charge is 0.243 e. The number of ether oxygens (including phenoxy) is 1. The fraction of sp³-hybridized carbons (Fsp3) is 0.400. The van der Waals surface area contributed by atoms with Crippen molar-refractivity contribution in [1.29, 1.82) is 0 Å². The number of nitrogens with zero attached hydrogens (tertiary/aromatic N) is 4. The van der Waals surface area contributed by atoms with Crippen LogP contribution in [0.25, 0.3) is 5.65 Å². The van der Waals surface area contributed by atoms with Gasteiger partial charge in [-0.2, -0.15) is 4.98 Å². The van der Waals surface area contributed by atoms with Crippen molar-refractivity contribution in [3.05, 3.63) is 23.4 Å². The van der Waals surface area contributed by atoms with Gasteiger partial charge in [0.25, 0.3) is 0 Å². The summed E-state index contributed by atoms with van der Waals surface area (Å²) >= 11 is 5.63. The molecule has 0 spiro atoms. The quantitative estimate of drug-likeness (QED) is 0.836. The van der Waals surface area contributed by atoms with Crippen LogP contribution in [-0.2, 0) is 4.74 Å². The van der Waals surface area contributed by atoms with Crippen molar-refractivity contribution >= 4 is 22.9 Å². The Hall–Kier alpha value is -1.40. The van der Waals surface area contributed by atoms with E-state index in [1.165, 1.54) is 10.6 Å². The second kappa shape index (κ2) is 4.85. The number of anilines is 1. The number of hydrogen-bond acceptors (Lipinski definition) is 4. The summed E-state index contributed by atoms with van der Waals surface area (Å²) in [6.45, 7) is 1.22. The maximum atomic E-state index is 13.7. The summed E-state index contributed by atoms with van der Waals surface area (Å²) in [6, 6.07) is 1.40. The van der Waals surface area contributed by atoms with E-state index >= 15 is 0 Å². The molecule has 2 aromatic rings. The van der Waals surface area contributed by atoms with E-state index in [1.54, 1.807) is 13.3 Å². The van der Waals surface area contributed by atoms with E-state index in [9.17, 15) is 4.39 Å². The highest BCUT2D eigenvalue weighted by Crippen LogP contribution is 2.18. The molecule has 5 nitrogen and oxygen atoms in total. The topological polar surface area (TPSA) is 42.7 Å². The number of pyridine rings is 1. The van der Waals surface area contributed by atoms with Gasteiger partial charge in [-0.1, -0.05) is 0 Å². The van der Waals surface area contributed by atoms with Gasteiger partial charge in [-0.25, -0.2) is 8.91 Å². The zero-order chi connectivity index (χ0) is 12.4. The second-order valence-electron chi connectivity index (χ2n) is 3.61. The van der Waals surface area contributed by atoms with E-state index in [2.05, 4.69) is 10.1 Å². The Labute approximate surface area is 103 Å². The van der Waals surface area contributed by atoms with Crippen molar-refractivity contribution in [2.45, 2.75) is 0 Å². The second-order valence-corrected chi connectivity index (χ2v) is 3.95. The Morgan fingerprint density at radius 2 is 2.35 bits per heavy atom. The number of halogens is 2. The van der Waals surface area contributed by atoms with Crippen LogP contribution in [0.2, 0.25) is 5.28 Å². The highest BCUT2D eigenvalue weighted by molar-refractivity contribution is 6.28. The SMILES string of the molecule is COCCN(C)c1cc(F)c2nc(Cl)nn2c1. The van der Waals surface area contributed by atoms with Crippen LogP contribution in [0, 0.1) is 5.82 Å². The molecule has 7 heteroatoms. The van der Waals surface area contributed by atoms with Crippen LogP contribution in [0.1, 0.15) is 0 Å². The first-order valence-electron chi connectivity index (χ1n) is 5.03. The van der Waals surface area contributed by atoms with Gasteiger partial charge >= 0.3 is 0 Å². The van der Waals surface area contributed by atoms with Crippen LogP contribution in [0.4, 0.5) is 10.1 Å². The molecule has 0 radical (unpaired) electrons. The maximum Gasteiger partial charge on any atom is 0.243 e. The molecule has 2 rings (SSSR count). The minimum Gasteiger partial charge on any atom is -0.383 e. The average molecular weight is 259 g/mol. The summed E-state index contributed by atoms with van der Waals surface area (Å²) in [7, 11) is 3.47. The van der Waals surface area contributed by atoms with Crippen LogP contribution in [-0.4, -0.2) is 41.9 Å². The van der Waals surface area contributed by atoms with Crippen molar-refractivity contribution in [2.75, 3.05) is 32.2 Å². The maximum absolute atomic E-state index is 13.7. The fourth-order valence-electron chi connectivity index (χ4n) is 1.47. The van der Waals surface area contributed by atoms with Gasteiger partial charge in [0, 0.05) is 26.8 Å². The average Bonchev–Trinajstić information content (AvgIpc) is 2.67. The minimum absolute atomic E-state index is 0.0283. The molecule has 92 valence electrons. The van der Waals surface area contributed by atoms with Gasteiger partial charge in [0.1, 0.15) is 0 Å². The first kappa shape index (κ1) is 12.1. The highest BCUT2D eigenvalue weighted by atomic mass is 35.5. The van der Waals surface area contributed by atoms with E-state index in [0.29, 0.717) is 18.8 Å². The Morgan fingerprint density at radius 3 is 3.06 bits per heavy atom. The van der Waals surface area contributed by atoms with Gasteiger partial charge in [-0.05, 0) is 11.6 Å². The predicted molar refractivity (Wildman–Crippen MR) is 63.1 cm³/mol. The molecule has 0 saturated heterocycles. The Kier molecular flexibility index (Phi) is 3.44. The molecule has 0 saturated carbocycles. The normalized spacial score (nSPS) is 11.1. The van der Waals surface area contributed by atoms with Crippen molar-refractivity contribution in [1.82, 2.24) is 14.6 Å². The Balaban J connectivity index is 2.35. The standard InChI is InChI=1S/C10H12ClFN4O/c1-15(3-4-17-2)7-5-8(12)9-13-10(11)14-16(9)6-7/h5-6H,3-4H2,1-2H3. The summed E-state index contributed by atoms with van der Waals surface area (Å²) in [6.07, 6.45) is 1.67. The third kappa shape index (κ3) is 2.48. The Bertz CT molecular complexity index is 530. The van der Waals surface area contributed by atoms with E-state index < -0.39 is 5.82 Å². The molecule has 0 aliphatic rings. The molecule has 0 bridgehead atoms. The first-order chi connectivity index (χ1) is 8.11. The fourth-order valence-corrected chi connectivity index (χ4v) is 1.63. The van der Waals surface area contributed by atoms with Crippen LogP contribution >= 0.6 is 11.6 Å². The lowest BCUT2D eigenvalue weighted by Gasteiger charge is -2.18. The van der Waals surface area contributed by atoms with Crippen LogP contribution in [0.5, 0.6) is 0 Å². The van der Waals surface area contributed by atoms with Crippen LogP contribution in [0.15, 0.2) is 12.3 Å². The number of likely N-dealkylation sites (N-methyl/N-ethyl adjacent to an activating group) is 1. The van der Waals surface area contributed by atoms with Gasteiger partial charge in [0.05, 0.1) is 18.5 Å². The lowest BCUT2D eigenvalue weighted by Crippen LogP contribution is -2.22. The third-order valence-corrected chi connectivity index (χ3v) is 2.58.